The normalized spacial score (nSPS) is 12.3. The topological polar surface area (TPSA) is 36.1 Å². The Kier molecular flexibility index (Phi) is 3.48. The van der Waals surface area contributed by atoms with Crippen molar-refractivity contribution in [1.29, 1.82) is 0 Å². The standard InChI is InChI=1S/C18H18N2O/c1-13(14-8-4-3-5-9-14)20(2)18(21)17-12-15-10-6-7-11-16(15)19-17/h3-13,19H,1-2H3. The molecule has 0 fully saturated rings. The Morgan fingerprint density at radius 1 is 1.05 bits per heavy atom. The van der Waals surface area contributed by atoms with Gasteiger partial charge in [-0.15, -0.1) is 0 Å². The summed E-state index contributed by atoms with van der Waals surface area (Å²) in [5, 5.41) is 1.06. The van der Waals surface area contributed by atoms with Gasteiger partial charge in [-0.2, -0.15) is 0 Å². The largest absolute Gasteiger partial charge is 0.351 e. The van der Waals surface area contributed by atoms with E-state index < -0.39 is 0 Å². The fourth-order valence-electron chi connectivity index (χ4n) is 2.51. The van der Waals surface area contributed by atoms with Crippen LogP contribution in [0, 0.1) is 0 Å². The Bertz CT molecular complexity index is 728. The lowest BCUT2D eigenvalue weighted by molar-refractivity contribution is 0.0737. The molecule has 106 valence electrons. The van der Waals surface area contributed by atoms with Gasteiger partial charge in [-0.05, 0) is 24.6 Å². The first-order chi connectivity index (χ1) is 10.2. The van der Waals surface area contributed by atoms with E-state index in [-0.39, 0.29) is 11.9 Å². The van der Waals surface area contributed by atoms with Crippen molar-refractivity contribution >= 4 is 16.8 Å². The summed E-state index contributed by atoms with van der Waals surface area (Å²) < 4.78 is 0. The third-order valence-corrected chi connectivity index (χ3v) is 3.94. The lowest BCUT2D eigenvalue weighted by atomic mass is 10.1. The number of hydrogen-bond donors (Lipinski definition) is 1. The van der Waals surface area contributed by atoms with Crippen LogP contribution in [0.25, 0.3) is 10.9 Å². The van der Waals surface area contributed by atoms with Gasteiger partial charge < -0.3 is 9.88 Å². The van der Waals surface area contributed by atoms with Crippen LogP contribution in [0.5, 0.6) is 0 Å². The van der Waals surface area contributed by atoms with Crippen molar-refractivity contribution in [2.45, 2.75) is 13.0 Å². The van der Waals surface area contributed by atoms with Crippen molar-refractivity contribution < 1.29 is 4.79 Å². The second-order valence-electron chi connectivity index (χ2n) is 5.27. The molecule has 1 N–H and O–H groups in total. The molecule has 2 aromatic carbocycles. The Morgan fingerprint density at radius 3 is 2.43 bits per heavy atom. The Hall–Kier alpha value is -2.55. The maximum absolute atomic E-state index is 12.6. The molecule has 0 bridgehead atoms. The first-order valence-electron chi connectivity index (χ1n) is 7.06. The van der Waals surface area contributed by atoms with E-state index in [1.54, 1.807) is 4.90 Å². The average molecular weight is 278 g/mol. The summed E-state index contributed by atoms with van der Waals surface area (Å²) in [4.78, 5) is 17.6. The lowest BCUT2D eigenvalue weighted by Gasteiger charge is -2.24. The minimum absolute atomic E-state index is 0.00236. The van der Waals surface area contributed by atoms with Gasteiger partial charge >= 0.3 is 0 Å². The molecule has 1 aromatic heterocycles. The second-order valence-corrected chi connectivity index (χ2v) is 5.27. The van der Waals surface area contributed by atoms with E-state index >= 15 is 0 Å². The average Bonchev–Trinajstić information content (AvgIpc) is 2.97. The molecule has 0 aliphatic heterocycles. The number of H-pyrrole nitrogens is 1. The molecule has 0 radical (unpaired) electrons. The number of nitrogens with zero attached hydrogens (tertiary/aromatic N) is 1. The Balaban J connectivity index is 1.87. The summed E-state index contributed by atoms with van der Waals surface area (Å²) in [6, 6.07) is 19.9. The van der Waals surface area contributed by atoms with Crippen LogP contribution in [0.1, 0.15) is 29.0 Å². The highest BCUT2D eigenvalue weighted by Gasteiger charge is 2.20. The molecule has 1 unspecified atom stereocenters. The zero-order valence-electron chi connectivity index (χ0n) is 12.2. The molecule has 0 spiro atoms. The number of para-hydroxylation sites is 1. The molecule has 1 amide bonds. The van der Waals surface area contributed by atoms with Crippen molar-refractivity contribution in [3.63, 3.8) is 0 Å². The van der Waals surface area contributed by atoms with Gasteiger partial charge in [0.25, 0.3) is 5.91 Å². The molecule has 0 aliphatic rings. The molecule has 0 saturated carbocycles. The van der Waals surface area contributed by atoms with E-state index in [2.05, 4.69) is 4.98 Å². The van der Waals surface area contributed by atoms with Crippen LogP contribution in [0.2, 0.25) is 0 Å². The molecule has 3 aromatic rings. The van der Waals surface area contributed by atoms with Crippen LogP contribution in [0.3, 0.4) is 0 Å². The molecular weight excluding hydrogens is 260 g/mol. The Labute approximate surface area is 124 Å². The zero-order chi connectivity index (χ0) is 14.8. The van der Waals surface area contributed by atoms with Gasteiger partial charge in [0.2, 0.25) is 0 Å². The third kappa shape index (κ3) is 2.55. The minimum Gasteiger partial charge on any atom is -0.351 e. The molecule has 3 nitrogen and oxygen atoms in total. The molecule has 1 heterocycles. The fourth-order valence-corrected chi connectivity index (χ4v) is 2.51. The third-order valence-electron chi connectivity index (χ3n) is 3.94. The molecule has 3 rings (SSSR count). The number of aromatic amines is 1. The number of benzene rings is 2. The monoisotopic (exact) mass is 278 g/mol. The van der Waals surface area contributed by atoms with Crippen molar-refractivity contribution in [3.8, 4) is 0 Å². The van der Waals surface area contributed by atoms with E-state index in [9.17, 15) is 4.79 Å². The molecular formula is C18H18N2O. The van der Waals surface area contributed by atoms with Gasteiger partial charge in [0.05, 0.1) is 6.04 Å². The number of carbonyl (C=O) groups excluding carboxylic acids is 1. The number of nitrogens with one attached hydrogen (secondary N) is 1. The number of hydrogen-bond acceptors (Lipinski definition) is 1. The number of rotatable bonds is 3. The van der Waals surface area contributed by atoms with E-state index in [0.29, 0.717) is 5.69 Å². The number of amides is 1. The summed E-state index contributed by atoms with van der Waals surface area (Å²) in [6.07, 6.45) is 0. The maximum Gasteiger partial charge on any atom is 0.270 e. The lowest BCUT2D eigenvalue weighted by Crippen LogP contribution is -2.29. The first-order valence-corrected chi connectivity index (χ1v) is 7.06. The predicted molar refractivity (Wildman–Crippen MR) is 85.2 cm³/mol. The van der Waals surface area contributed by atoms with Crippen molar-refractivity contribution in [2.24, 2.45) is 0 Å². The SMILES string of the molecule is CC(c1ccccc1)N(C)C(=O)c1cc2ccccc2[nH]1. The highest BCUT2D eigenvalue weighted by molar-refractivity contribution is 5.98. The summed E-state index contributed by atoms with van der Waals surface area (Å²) in [5.41, 5.74) is 2.74. The molecule has 1 atom stereocenters. The number of carbonyl (C=O) groups is 1. The van der Waals surface area contributed by atoms with Gasteiger partial charge in [0.15, 0.2) is 0 Å². The number of aromatic nitrogens is 1. The molecule has 3 heteroatoms. The van der Waals surface area contributed by atoms with Gasteiger partial charge in [-0.3, -0.25) is 4.79 Å². The van der Waals surface area contributed by atoms with Gasteiger partial charge in [-0.1, -0.05) is 48.5 Å². The highest BCUT2D eigenvalue weighted by atomic mass is 16.2. The highest BCUT2D eigenvalue weighted by Crippen LogP contribution is 2.22. The summed E-state index contributed by atoms with van der Waals surface area (Å²) in [6.45, 7) is 2.04. The van der Waals surface area contributed by atoms with Gasteiger partial charge in [0, 0.05) is 18.0 Å². The van der Waals surface area contributed by atoms with Crippen molar-refractivity contribution in [1.82, 2.24) is 9.88 Å². The smallest absolute Gasteiger partial charge is 0.270 e. The molecule has 0 saturated heterocycles. The van der Waals surface area contributed by atoms with E-state index in [1.165, 1.54) is 0 Å². The predicted octanol–water partition coefficient (Wildman–Crippen LogP) is 4.00. The van der Waals surface area contributed by atoms with Crippen LogP contribution < -0.4 is 0 Å². The van der Waals surface area contributed by atoms with Gasteiger partial charge in [0.1, 0.15) is 5.69 Å². The number of fused-ring (bicyclic) bond motifs is 1. The van der Waals surface area contributed by atoms with Crippen LogP contribution in [-0.4, -0.2) is 22.8 Å². The van der Waals surface area contributed by atoms with E-state index in [0.717, 1.165) is 16.5 Å². The van der Waals surface area contributed by atoms with E-state index in [4.69, 9.17) is 0 Å². The Morgan fingerprint density at radius 2 is 1.71 bits per heavy atom. The van der Waals surface area contributed by atoms with Crippen LogP contribution in [-0.2, 0) is 0 Å². The molecule has 21 heavy (non-hydrogen) atoms. The molecule has 0 aliphatic carbocycles. The second kappa shape index (κ2) is 5.44. The van der Waals surface area contributed by atoms with Crippen LogP contribution in [0.15, 0.2) is 60.7 Å². The quantitative estimate of drug-likeness (QED) is 0.772. The summed E-state index contributed by atoms with van der Waals surface area (Å²) >= 11 is 0. The van der Waals surface area contributed by atoms with Crippen LogP contribution in [0.4, 0.5) is 0 Å². The van der Waals surface area contributed by atoms with E-state index in [1.807, 2.05) is 74.6 Å². The van der Waals surface area contributed by atoms with Crippen molar-refractivity contribution in [2.75, 3.05) is 7.05 Å². The van der Waals surface area contributed by atoms with Crippen LogP contribution >= 0.6 is 0 Å². The fraction of sp³-hybridized carbons (Fsp3) is 0.167. The first kappa shape index (κ1) is 13.4. The maximum atomic E-state index is 12.6. The van der Waals surface area contributed by atoms with Gasteiger partial charge in [-0.25, -0.2) is 0 Å². The van der Waals surface area contributed by atoms with Crippen molar-refractivity contribution in [3.05, 3.63) is 71.9 Å². The summed E-state index contributed by atoms with van der Waals surface area (Å²) in [7, 11) is 1.84. The zero-order valence-corrected chi connectivity index (χ0v) is 12.2. The summed E-state index contributed by atoms with van der Waals surface area (Å²) in [5.74, 6) is 0.00236. The minimum atomic E-state index is 0.00236.